The fourth-order valence-corrected chi connectivity index (χ4v) is 4.74. The summed E-state index contributed by atoms with van der Waals surface area (Å²) >= 11 is 0. The zero-order chi connectivity index (χ0) is 16.5. The fraction of sp³-hybridized carbons (Fsp3) is 0.467. The second-order valence-electron chi connectivity index (χ2n) is 5.10. The van der Waals surface area contributed by atoms with Gasteiger partial charge < -0.3 is 4.74 Å². The number of ether oxygens (including phenoxy) is 1. The Morgan fingerprint density at radius 2 is 1.95 bits per heavy atom. The summed E-state index contributed by atoms with van der Waals surface area (Å²) < 4.78 is 42.5. The maximum atomic E-state index is 13.0. The van der Waals surface area contributed by atoms with E-state index < -0.39 is 38.2 Å². The second-order valence-corrected chi connectivity index (χ2v) is 7.51. The third kappa shape index (κ3) is 2.37. The second kappa shape index (κ2) is 5.69. The van der Waals surface area contributed by atoms with Crippen molar-refractivity contribution in [3.05, 3.63) is 35.6 Å². The van der Waals surface area contributed by atoms with Gasteiger partial charge in [-0.2, -0.15) is 5.26 Å². The minimum Gasteiger partial charge on any atom is -0.465 e. The summed E-state index contributed by atoms with van der Waals surface area (Å²) in [5.41, 5.74) is -1.30. The van der Waals surface area contributed by atoms with Gasteiger partial charge in [0, 0.05) is 11.7 Å². The first-order chi connectivity index (χ1) is 10.3. The first-order valence-corrected chi connectivity index (χ1v) is 8.62. The number of rotatable bonds is 5. The molecule has 118 valence electrons. The van der Waals surface area contributed by atoms with E-state index in [1.807, 2.05) is 6.07 Å². The lowest BCUT2D eigenvalue weighted by molar-refractivity contribution is -0.147. The summed E-state index contributed by atoms with van der Waals surface area (Å²) in [7, 11) is -3.63. The summed E-state index contributed by atoms with van der Waals surface area (Å²) in [4.78, 5) is 12.2. The molecule has 0 amide bonds. The van der Waals surface area contributed by atoms with Gasteiger partial charge in [0.2, 0.25) is 0 Å². The molecule has 5 nitrogen and oxygen atoms in total. The number of carbonyl (C=O) groups excluding carboxylic acids is 1. The lowest BCUT2D eigenvalue weighted by atomic mass is 10.0. The number of halogens is 1. The molecular formula is C15H16FNO4S. The normalized spacial score (nSPS) is 27.0. The van der Waals surface area contributed by atoms with Crippen LogP contribution in [0.5, 0.6) is 0 Å². The maximum Gasteiger partial charge on any atom is 0.328 e. The van der Waals surface area contributed by atoms with Crippen LogP contribution >= 0.6 is 0 Å². The Bertz CT molecular complexity index is 723. The minimum atomic E-state index is -3.63. The van der Waals surface area contributed by atoms with Gasteiger partial charge in [-0.3, -0.25) is 4.79 Å². The highest BCUT2D eigenvalue weighted by molar-refractivity contribution is 7.92. The van der Waals surface area contributed by atoms with Gasteiger partial charge in [0.15, 0.2) is 15.3 Å². The number of hydrogen-bond donors (Lipinski definition) is 0. The van der Waals surface area contributed by atoms with Crippen molar-refractivity contribution in [2.45, 2.75) is 25.0 Å². The molecule has 1 aliphatic carbocycles. The van der Waals surface area contributed by atoms with Crippen LogP contribution < -0.4 is 0 Å². The summed E-state index contributed by atoms with van der Waals surface area (Å²) in [5.74, 6) is -2.33. The van der Waals surface area contributed by atoms with E-state index in [0.29, 0.717) is 5.56 Å². The molecule has 0 bridgehead atoms. The van der Waals surface area contributed by atoms with E-state index in [1.54, 1.807) is 6.92 Å². The van der Waals surface area contributed by atoms with Crippen molar-refractivity contribution >= 4 is 15.8 Å². The maximum absolute atomic E-state index is 13.0. The predicted molar refractivity (Wildman–Crippen MR) is 77.1 cm³/mol. The number of benzene rings is 1. The van der Waals surface area contributed by atoms with Gasteiger partial charge in [0.25, 0.3) is 0 Å². The number of nitriles is 1. The number of nitrogens with zero attached hydrogens (tertiary/aromatic N) is 1. The van der Waals surface area contributed by atoms with E-state index in [0.717, 1.165) is 0 Å². The molecule has 22 heavy (non-hydrogen) atoms. The predicted octanol–water partition coefficient (Wildman–Crippen LogP) is 1.80. The summed E-state index contributed by atoms with van der Waals surface area (Å²) in [6, 6.07) is 7.00. The Hall–Kier alpha value is -1.94. The van der Waals surface area contributed by atoms with E-state index in [9.17, 15) is 22.9 Å². The smallest absolute Gasteiger partial charge is 0.328 e. The molecule has 1 aliphatic rings. The molecule has 1 aromatic rings. The Morgan fingerprint density at radius 1 is 1.36 bits per heavy atom. The van der Waals surface area contributed by atoms with Crippen LogP contribution in [-0.4, -0.2) is 32.0 Å². The van der Waals surface area contributed by atoms with Gasteiger partial charge in [-0.25, -0.2) is 12.8 Å². The van der Waals surface area contributed by atoms with Gasteiger partial charge in [-0.15, -0.1) is 0 Å². The molecule has 0 saturated heterocycles. The monoisotopic (exact) mass is 325 g/mol. The van der Waals surface area contributed by atoms with Crippen molar-refractivity contribution in [1.82, 2.24) is 0 Å². The van der Waals surface area contributed by atoms with Crippen molar-refractivity contribution in [2.75, 3.05) is 12.4 Å². The van der Waals surface area contributed by atoms with Crippen LogP contribution in [0.15, 0.2) is 24.3 Å². The Morgan fingerprint density at radius 3 is 2.41 bits per heavy atom. The molecule has 1 fully saturated rings. The van der Waals surface area contributed by atoms with E-state index in [4.69, 9.17) is 4.74 Å². The third-order valence-electron chi connectivity index (χ3n) is 3.95. The Balaban J connectivity index is 2.52. The van der Waals surface area contributed by atoms with Crippen molar-refractivity contribution in [1.29, 1.82) is 5.26 Å². The minimum absolute atomic E-state index is 0.0529. The number of carbonyl (C=O) groups is 1. The number of esters is 1. The topological polar surface area (TPSA) is 84.2 Å². The van der Waals surface area contributed by atoms with Crippen LogP contribution in [0.2, 0.25) is 0 Å². The van der Waals surface area contributed by atoms with Crippen LogP contribution in [0.1, 0.15) is 25.3 Å². The summed E-state index contributed by atoms with van der Waals surface area (Å²) in [6.45, 7) is 3.10. The van der Waals surface area contributed by atoms with Crippen molar-refractivity contribution in [3.8, 4) is 6.07 Å². The number of hydrogen-bond acceptors (Lipinski definition) is 5. The molecule has 2 rings (SSSR count). The molecule has 0 N–H and O–H groups in total. The van der Waals surface area contributed by atoms with E-state index >= 15 is 0 Å². The number of sulfone groups is 1. The molecule has 0 aromatic heterocycles. The van der Waals surface area contributed by atoms with Gasteiger partial charge in [-0.1, -0.05) is 19.1 Å². The quantitative estimate of drug-likeness (QED) is 0.771. The lowest BCUT2D eigenvalue weighted by Crippen LogP contribution is -2.26. The van der Waals surface area contributed by atoms with E-state index in [2.05, 4.69) is 0 Å². The molecule has 0 heterocycles. The third-order valence-corrected chi connectivity index (χ3v) is 6.17. The molecule has 0 spiro atoms. The van der Waals surface area contributed by atoms with Crippen LogP contribution in [0.4, 0.5) is 4.39 Å². The average Bonchev–Trinajstić information content (AvgIpc) is 3.20. The van der Waals surface area contributed by atoms with E-state index in [-0.39, 0.29) is 12.4 Å². The first-order valence-electron chi connectivity index (χ1n) is 6.90. The standard InChI is InChI=1S/C15H16FNO4S/c1-3-21-14(18)15(9-17)12(13(15)22(19,20)4-2)10-5-7-11(16)8-6-10/h5-8,12-13H,3-4H2,1-2H3/t12-,13+,15+/m1/s1. The van der Waals surface area contributed by atoms with Gasteiger partial charge in [-0.05, 0) is 24.6 Å². The highest BCUT2D eigenvalue weighted by atomic mass is 32.2. The molecule has 7 heteroatoms. The molecular weight excluding hydrogens is 309 g/mol. The SMILES string of the molecule is CCOC(=O)[C@@]1(C#N)[C@H](c2ccc(F)cc2)[C@@H]1S(=O)(=O)CC. The first kappa shape index (κ1) is 16.4. The zero-order valence-electron chi connectivity index (χ0n) is 12.2. The van der Waals surface area contributed by atoms with Gasteiger partial charge in [0.1, 0.15) is 11.1 Å². The highest BCUT2D eigenvalue weighted by Gasteiger charge is 2.77. The van der Waals surface area contributed by atoms with E-state index in [1.165, 1.54) is 31.2 Å². The highest BCUT2D eigenvalue weighted by Crippen LogP contribution is 2.63. The van der Waals surface area contributed by atoms with Gasteiger partial charge >= 0.3 is 5.97 Å². The van der Waals surface area contributed by atoms with Crippen LogP contribution in [0, 0.1) is 22.6 Å². The fourth-order valence-electron chi connectivity index (χ4n) is 2.81. The lowest BCUT2D eigenvalue weighted by Gasteiger charge is -2.08. The van der Waals surface area contributed by atoms with Crippen molar-refractivity contribution < 1.29 is 22.3 Å². The zero-order valence-corrected chi connectivity index (χ0v) is 13.1. The molecule has 0 radical (unpaired) electrons. The Kier molecular flexibility index (Phi) is 4.25. The molecule has 0 unspecified atom stereocenters. The molecule has 1 aromatic carbocycles. The van der Waals surface area contributed by atoms with Crippen LogP contribution in [-0.2, 0) is 19.4 Å². The van der Waals surface area contributed by atoms with Gasteiger partial charge in [0.05, 0.1) is 12.7 Å². The largest absolute Gasteiger partial charge is 0.465 e. The average molecular weight is 325 g/mol. The molecule has 1 saturated carbocycles. The van der Waals surface area contributed by atoms with Crippen LogP contribution in [0.3, 0.4) is 0 Å². The van der Waals surface area contributed by atoms with Crippen LogP contribution in [0.25, 0.3) is 0 Å². The summed E-state index contributed by atoms with van der Waals surface area (Å²) in [6.07, 6.45) is 0. The Labute approximate surface area is 128 Å². The molecule has 0 aliphatic heterocycles. The van der Waals surface area contributed by atoms with Crippen molar-refractivity contribution in [2.24, 2.45) is 5.41 Å². The molecule has 3 atom stereocenters. The summed E-state index contributed by atoms with van der Waals surface area (Å²) in [5, 5.41) is 8.33. The van der Waals surface area contributed by atoms with Crippen molar-refractivity contribution in [3.63, 3.8) is 0 Å².